The molecule has 0 spiro atoms. The van der Waals surface area contributed by atoms with Gasteiger partial charge in [0.15, 0.2) is 0 Å². The Morgan fingerprint density at radius 3 is 2.33 bits per heavy atom. The highest BCUT2D eigenvalue weighted by atomic mass is 32.2. The fourth-order valence-electron chi connectivity index (χ4n) is 0.589. The van der Waals surface area contributed by atoms with Crippen molar-refractivity contribution in [2.75, 3.05) is 0 Å². The van der Waals surface area contributed by atoms with Gasteiger partial charge in [-0.1, -0.05) is 5.57 Å². The average Bonchev–Trinajstić information content (AvgIpc) is 2.14. The minimum Gasteiger partial charge on any atom is -0.282 e. The van der Waals surface area contributed by atoms with E-state index in [2.05, 4.69) is 0 Å². The van der Waals surface area contributed by atoms with Gasteiger partial charge in [-0.2, -0.15) is 0 Å². The van der Waals surface area contributed by atoms with Crippen LogP contribution in [0.5, 0.6) is 0 Å². The third kappa shape index (κ3) is 1.45. The summed E-state index contributed by atoms with van der Waals surface area (Å²) in [5.41, 5.74) is 1.21. The van der Waals surface area contributed by atoms with Crippen molar-refractivity contribution in [2.45, 2.75) is 13.8 Å². The SMILES string of the molecule is CC(C)=C1C=CC(=O)S1. The van der Waals surface area contributed by atoms with Crippen LogP contribution >= 0.6 is 11.8 Å². The molecule has 0 saturated heterocycles. The molecule has 0 aliphatic carbocycles. The van der Waals surface area contributed by atoms with Gasteiger partial charge in [-0.15, -0.1) is 0 Å². The van der Waals surface area contributed by atoms with Crippen molar-refractivity contribution in [3.05, 3.63) is 22.6 Å². The van der Waals surface area contributed by atoms with Crippen LogP contribution in [0.25, 0.3) is 0 Å². The number of rotatable bonds is 0. The molecule has 1 aliphatic heterocycles. The zero-order chi connectivity index (χ0) is 6.85. The normalized spacial score (nSPS) is 17.1. The number of thioether (sulfide) groups is 1. The van der Waals surface area contributed by atoms with Gasteiger partial charge in [0.25, 0.3) is 0 Å². The van der Waals surface area contributed by atoms with E-state index in [1.165, 1.54) is 17.3 Å². The molecule has 0 radical (unpaired) electrons. The summed E-state index contributed by atoms with van der Waals surface area (Å²) in [4.78, 5) is 11.7. The molecule has 0 fully saturated rings. The number of hydrogen-bond acceptors (Lipinski definition) is 2. The van der Waals surface area contributed by atoms with E-state index in [1.807, 2.05) is 19.9 Å². The van der Waals surface area contributed by atoms with Crippen LogP contribution in [0.15, 0.2) is 22.6 Å². The molecule has 0 atom stereocenters. The van der Waals surface area contributed by atoms with E-state index in [4.69, 9.17) is 0 Å². The van der Waals surface area contributed by atoms with Crippen LogP contribution in [-0.2, 0) is 4.79 Å². The Kier molecular flexibility index (Phi) is 1.76. The maximum Gasteiger partial charge on any atom is 0.216 e. The van der Waals surface area contributed by atoms with E-state index in [0.717, 1.165) is 4.91 Å². The average molecular weight is 140 g/mol. The summed E-state index contributed by atoms with van der Waals surface area (Å²) < 4.78 is 0. The molecule has 48 valence electrons. The Morgan fingerprint density at radius 2 is 2.11 bits per heavy atom. The molecule has 0 aromatic rings. The lowest BCUT2D eigenvalue weighted by atomic mass is 10.3. The Morgan fingerprint density at radius 1 is 1.44 bits per heavy atom. The largest absolute Gasteiger partial charge is 0.282 e. The number of allylic oxidation sites excluding steroid dienone is 2. The fraction of sp³-hybridized carbons (Fsp3) is 0.286. The Labute approximate surface area is 58.8 Å². The monoisotopic (exact) mass is 140 g/mol. The third-order valence-electron chi connectivity index (χ3n) is 1.07. The molecule has 0 aromatic heterocycles. The van der Waals surface area contributed by atoms with Crippen LogP contribution in [0.2, 0.25) is 0 Å². The minimum absolute atomic E-state index is 0.145. The first kappa shape index (κ1) is 6.62. The summed E-state index contributed by atoms with van der Waals surface area (Å²) in [6.45, 7) is 4.01. The summed E-state index contributed by atoms with van der Waals surface area (Å²) in [6.07, 6.45) is 3.47. The van der Waals surface area contributed by atoms with Crippen LogP contribution in [0.1, 0.15) is 13.8 Å². The highest BCUT2D eigenvalue weighted by molar-refractivity contribution is 8.17. The number of carbonyl (C=O) groups is 1. The molecule has 9 heavy (non-hydrogen) atoms. The van der Waals surface area contributed by atoms with Gasteiger partial charge in [0, 0.05) is 4.91 Å². The molecule has 1 nitrogen and oxygen atoms in total. The van der Waals surface area contributed by atoms with Crippen molar-refractivity contribution >= 4 is 16.9 Å². The number of hydrogen-bond donors (Lipinski definition) is 0. The quantitative estimate of drug-likeness (QED) is 0.512. The van der Waals surface area contributed by atoms with E-state index >= 15 is 0 Å². The van der Waals surface area contributed by atoms with E-state index in [-0.39, 0.29) is 5.12 Å². The first-order valence-electron chi connectivity index (χ1n) is 2.77. The highest BCUT2D eigenvalue weighted by Crippen LogP contribution is 2.27. The summed E-state index contributed by atoms with van der Waals surface area (Å²) in [5.74, 6) is 0. The second-order valence-corrected chi connectivity index (χ2v) is 3.17. The van der Waals surface area contributed by atoms with Crippen molar-refractivity contribution in [1.82, 2.24) is 0 Å². The van der Waals surface area contributed by atoms with Crippen molar-refractivity contribution in [1.29, 1.82) is 0 Å². The van der Waals surface area contributed by atoms with Gasteiger partial charge in [0.1, 0.15) is 0 Å². The molecule has 1 heterocycles. The molecule has 0 saturated carbocycles. The second-order valence-electron chi connectivity index (χ2n) is 2.12. The van der Waals surface area contributed by atoms with Crippen LogP contribution < -0.4 is 0 Å². The van der Waals surface area contributed by atoms with Gasteiger partial charge in [-0.3, -0.25) is 4.79 Å². The molecular formula is C7H8OS. The maximum atomic E-state index is 10.6. The summed E-state index contributed by atoms with van der Waals surface area (Å²) >= 11 is 1.30. The first-order chi connectivity index (χ1) is 4.20. The van der Waals surface area contributed by atoms with E-state index in [9.17, 15) is 4.79 Å². The Balaban J connectivity index is 2.83. The molecule has 2 heteroatoms. The van der Waals surface area contributed by atoms with Crippen LogP contribution in [0.3, 0.4) is 0 Å². The first-order valence-corrected chi connectivity index (χ1v) is 3.59. The zero-order valence-corrected chi connectivity index (χ0v) is 6.29. The predicted octanol–water partition coefficient (Wildman–Crippen LogP) is 2.11. The predicted molar refractivity (Wildman–Crippen MR) is 40.1 cm³/mol. The smallest absolute Gasteiger partial charge is 0.216 e. The van der Waals surface area contributed by atoms with Gasteiger partial charge in [0.05, 0.1) is 0 Å². The molecule has 0 amide bonds. The lowest BCUT2D eigenvalue weighted by Crippen LogP contribution is -1.75. The van der Waals surface area contributed by atoms with Gasteiger partial charge < -0.3 is 0 Å². The van der Waals surface area contributed by atoms with Crippen molar-refractivity contribution < 1.29 is 4.79 Å². The summed E-state index contributed by atoms with van der Waals surface area (Å²) in [7, 11) is 0. The lowest BCUT2D eigenvalue weighted by molar-refractivity contribution is -0.106. The highest BCUT2D eigenvalue weighted by Gasteiger charge is 2.09. The molecule has 0 unspecified atom stereocenters. The molecule has 0 bridgehead atoms. The van der Waals surface area contributed by atoms with Gasteiger partial charge in [-0.05, 0) is 37.8 Å². The van der Waals surface area contributed by atoms with Crippen molar-refractivity contribution in [3.63, 3.8) is 0 Å². The van der Waals surface area contributed by atoms with E-state index in [0.29, 0.717) is 0 Å². The van der Waals surface area contributed by atoms with Crippen LogP contribution in [0, 0.1) is 0 Å². The van der Waals surface area contributed by atoms with Gasteiger partial charge in [0.2, 0.25) is 5.12 Å². The maximum absolute atomic E-state index is 10.6. The zero-order valence-electron chi connectivity index (χ0n) is 5.47. The molecule has 0 N–H and O–H groups in total. The summed E-state index contributed by atoms with van der Waals surface area (Å²) in [6, 6.07) is 0. The van der Waals surface area contributed by atoms with Crippen molar-refractivity contribution in [2.24, 2.45) is 0 Å². The van der Waals surface area contributed by atoms with Crippen LogP contribution in [0.4, 0.5) is 0 Å². The molecular weight excluding hydrogens is 132 g/mol. The molecule has 0 aromatic carbocycles. The minimum atomic E-state index is 0.145. The summed E-state index contributed by atoms with van der Waals surface area (Å²) in [5, 5.41) is 0.145. The second kappa shape index (κ2) is 2.40. The Hall–Kier alpha value is -0.500. The van der Waals surface area contributed by atoms with E-state index in [1.54, 1.807) is 6.08 Å². The lowest BCUT2D eigenvalue weighted by Gasteiger charge is -1.91. The van der Waals surface area contributed by atoms with Crippen LogP contribution in [-0.4, -0.2) is 5.12 Å². The Bertz CT molecular complexity index is 197. The third-order valence-corrected chi connectivity index (χ3v) is 2.18. The van der Waals surface area contributed by atoms with Gasteiger partial charge >= 0.3 is 0 Å². The van der Waals surface area contributed by atoms with E-state index < -0.39 is 0 Å². The molecule has 1 aliphatic rings. The molecule has 1 rings (SSSR count). The fourth-order valence-corrected chi connectivity index (χ4v) is 1.28. The topological polar surface area (TPSA) is 17.1 Å². The standard InChI is InChI=1S/C7H8OS/c1-5(2)6-3-4-7(8)9-6/h3-4H,1-2H3. The van der Waals surface area contributed by atoms with Crippen molar-refractivity contribution in [3.8, 4) is 0 Å². The number of carbonyl (C=O) groups excluding carboxylic acids is 1. The van der Waals surface area contributed by atoms with Gasteiger partial charge in [-0.25, -0.2) is 0 Å².